The van der Waals surface area contributed by atoms with Crippen LogP contribution in [0.4, 0.5) is 28.4 Å². The van der Waals surface area contributed by atoms with Gasteiger partial charge in [0.15, 0.2) is 11.4 Å². The molecule has 0 saturated carbocycles. The number of nitrogens with one attached hydrogen (secondary N) is 1. The fourth-order valence-corrected chi connectivity index (χ4v) is 2.93. The second-order valence-electron chi connectivity index (χ2n) is 6.51. The average Bonchev–Trinajstić information content (AvgIpc) is 2.74. The van der Waals surface area contributed by atoms with Crippen LogP contribution >= 0.6 is 0 Å². The number of fused-ring (bicyclic) bond motifs is 1. The zero-order chi connectivity index (χ0) is 21.7. The summed E-state index contributed by atoms with van der Waals surface area (Å²) in [4.78, 5) is 20.7. The van der Waals surface area contributed by atoms with E-state index in [-0.39, 0.29) is 17.1 Å². The van der Waals surface area contributed by atoms with E-state index in [0.717, 1.165) is 48.7 Å². The molecule has 0 fully saturated rings. The van der Waals surface area contributed by atoms with E-state index in [1.807, 2.05) is 12.1 Å². The maximum atomic E-state index is 11.3. The van der Waals surface area contributed by atoms with E-state index in [0.29, 0.717) is 5.39 Å². The predicted octanol–water partition coefficient (Wildman–Crippen LogP) is 5.99. The summed E-state index contributed by atoms with van der Waals surface area (Å²) in [6.07, 6.45) is 1.97. The van der Waals surface area contributed by atoms with Gasteiger partial charge < -0.3 is 10.4 Å². The molecule has 0 heterocycles. The molecule has 0 spiro atoms. The molecule has 10 nitrogen and oxygen atoms in total. The van der Waals surface area contributed by atoms with Crippen LogP contribution in [-0.2, 0) is 0 Å². The van der Waals surface area contributed by atoms with Crippen LogP contribution in [0, 0.1) is 20.2 Å². The Balaban J connectivity index is 2.05. The van der Waals surface area contributed by atoms with Gasteiger partial charge in [-0.3, -0.25) is 20.2 Å². The lowest BCUT2D eigenvalue weighted by atomic mass is 10.1. The van der Waals surface area contributed by atoms with Crippen molar-refractivity contribution in [3.8, 4) is 5.75 Å². The molecule has 154 valence electrons. The third-order valence-corrected chi connectivity index (χ3v) is 4.47. The van der Waals surface area contributed by atoms with Gasteiger partial charge in [-0.1, -0.05) is 37.6 Å². The first-order chi connectivity index (χ1) is 14.4. The maximum absolute atomic E-state index is 11.3. The topological polar surface area (TPSA) is 143 Å². The molecule has 3 aromatic carbocycles. The maximum Gasteiger partial charge on any atom is 0.303 e. The van der Waals surface area contributed by atoms with E-state index in [9.17, 15) is 25.3 Å². The number of aromatic hydroxyl groups is 1. The Morgan fingerprint density at radius 2 is 1.67 bits per heavy atom. The summed E-state index contributed by atoms with van der Waals surface area (Å²) < 4.78 is 0. The molecule has 0 unspecified atom stereocenters. The minimum absolute atomic E-state index is 0.111. The van der Waals surface area contributed by atoms with E-state index in [2.05, 4.69) is 22.5 Å². The number of benzene rings is 3. The van der Waals surface area contributed by atoms with Crippen LogP contribution in [0.3, 0.4) is 0 Å². The third kappa shape index (κ3) is 4.32. The summed E-state index contributed by atoms with van der Waals surface area (Å²) in [5.41, 5.74) is -0.242. The lowest BCUT2D eigenvalue weighted by Gasteiger charge is -2.12. The van der Waals surface area contributed by atoms with Gasteiger partial charge in [0.05, 0.1) is 15.9 Å². The highest BCUT2D eigenvalue weighted by Crippen LogP contribution is 2.41. The van der Waals surface area contributed by atoms with Gasteiger partial charge in [-0.25, -0.2) is 0 Å². The van der Waals surface area contributed by atoms with Crippen LogP contribution in [-0.4, -0.2) is 21.5 Å². The summed E-state index contributed by atoms with van der Waals surface area (Å²) in [5.74, 6) is -0.111. The van der Waals surface area contributed by atoms with Gasteiger partial charge in [0.2, 0.25) is 0 Å². The predicted molar refractivity (Wildman–Crippen MR) is 113 cm³/mol. The Morgan fingerprint density at radius 1 is 0.967 bits per heavy atom. The molecule has 0 bridgehead atoms. The highest BCUT2D eigenvalue weighted by atomic mass is 16.6. The van der Waals surface area contributed by atoms with E-state index >= 15 is 0 Å². The number of non-ortho nitro benzene ring substituents is 1. The summed E-state index contributed by atoms with van der Waals surface area (Å²) in [7, 11) is 0. The molecule has 0 saturated heterocycles. The fourth-order valence-electron chi connectivity index (χ4n) is 2.93. The Bertz CT molecular complexity index is 1150. The van der Waals surface area contributed by atoms with Crippen LogP contribution in [0.15, 0.2) is 58.8 Å². The number of unbranched alkanes of at least 4 members (excludes halogenated alkanes) is 1. The molecule has 0 amide bonds. The number of nitrogens with zero attached hydrogens (tertiary/aromatic N) is 4. The van der Waals surface area contributed by atoms with Gasteiger partial charge >= 0.3 is 5.69 Å². The largest absolute Gasteiger partial charge is 0.505 e. The Labute approximate surface area is 171 Å². The molecule has 0 aliphatic heterocycles. The van der Waals surface area contributed by atoms with Crippen molar-refractivity contribution in [2.24, 2.45) is 10.2 Å². The number of hydrogen-bond donors (Lipinski definition) is 2. The zero-order valence-corrected chi connectivity index (χ0v) is 16.1. The molecule has 30 heavy (non-hydrogen) atoms. The first-order valence-electron chi connectivity index (χ1n) is 9.25. The third-order valence-electron chi connectivity index (χ3n) is 4.47. The minimum Gasteiger partial charge on any atom is -0.505 e. The number of nitro groups is 2. The number of phenols is 1. The van der Waals surface area contributed by atoms with Crippen LogP contribution < -0.4 is 5.32 Å². The zero-order valence-electron chi connectivity index (χ0n) is 16.1. The minimum atomic E-state index is -0.765. The lowest BCUT2D eigenvalue weighted by molar-refractivity contribution is -0.393. The lowest BCUT2D eigenvalue weighted by Crippen LogP contribution is -2.01. The molecule has 3 aromatic rings. The van der Waals surface area contributed by atoms with Crippen molar-refractivity contribution in [1.82, 2.24) is 0 Å². The van der Waals surface area contributed by atoms with Crippen LogP contribution in [0.1, 0.15) is 19.8 Å². The van der Waals surface area contributed by atoms with E-state index in [1.54, 1.807) is 18.2 Å². The average molecular weight is 409 g/mol. The fraction of sp³-hybridized carbons (Fsp3) is 0.200. The highest BCUT2D eigenvalue weighted by Gasteiger charge is 2.20. The number of azo groups is 1. The quantitative estimate of drug-likeness (QED) is 0.154. The molecule has 2 N–H and O–H groups in total. The molecule has 0 atom stereocenters. The molecule has 0 radical (unpaired) electrons. The van der Waals surface area contributed by atoms with Gasteiger partial charge in [0, 0.05) is 29.1 Å². The normalized spacial score (nSPS) is 11.1. The van der Waals surface area contributed by atoms with Crippen molar-refractivity contribution in [2.75, 3.05) is 11.9 Å². The first-order valence-corrected chi connectivity index (χ1v) is 9.25. The molecular weight excluding hydrogens is 390 g/mol. The van der Waals surface area contributed by atoms with Gasteiger partial charge in [-0.15, -0.1) is 10.2 Å². The van der Waals surface area contributed by atoms with Gasteiger partial charge in [-0.2, -0.15) is 0 Å². The van der Waals surface area contributed by atoms with Crippen LogP contribution in [0.25, 0.3) is 10.8 Å². The second-order valence-corrected chi connectivity index (χ2v) is 6.51. The number of phenolic OH excluding ortho intramolecular Hbond substituents is 1. The molecule has 3 rings (SSSR count). The van der Waals surface area contributed by atoms with Crippen molar-refractivity contribution in [3.05, 3.63) is 68.8 Å². The molecule has 0 aromatic heterocycles. The highest BCUT2D eigenvalue weighted by molar-refractivity contribution is 6.01. The van der Waals surface area contributed by atoms with Gasteiger partial charge in [-0.05, 0) is 18.6 Å². The van der Waals surface area contributed by atoms with Crippen molar-refractivity contribution in [2.45, 2.75) is 19.8 Å². The number of hydrogen-bond acceptors (Lipinski definition) is 8. The van der Waals surface area contributed by atoms with E-state index in [4.69, 9.17) is 0 Å². The van der Waals surface area contributed by atoms with Crippen LogP contribution in [0.2, 0.25) is 0 Å². The summed E-state index contributed by atoms with van der Waals surface area (Å²) in [6, 6.07) is 11.9. The van der Waals surface area contributed by atoms with Crippen molar-refractivity contribution in [1.29, 1.82) is 0 Å². The second kappa shape index (κ2) is 8.95. The molecule has 10 heteroatoms. The monoisotopic (exact) mass is 409 g/mol. The van der Waals surface area contributed by atoms with Crippen molar-refractivity contribution in [3.63, 3.8) is 0 Å². The number of nitro benzene ring substituents is 2. The molecular formula is C20H19N5O5. The smallest absolute Gasteiger partial charge is 0.303 e. The number of rotatable bonds is 8. The van der Waals surface area contributed by atoms with Crippen LogP contribution in [0.5, 0.6) is 5.75 Å². The SMILES string of the molecule is CCCCNc1cc(N=Nc2ccc([N+](=O)[O-])cc2[N+](=O)[O-])c(O)c2ccccc12. The summed E-state index contributed by atoms with van der Waals surface area (Å²) in [6.45, 7) is 2.81. The Hall–Kier alpha value is -4.08. The van der Waals surface area contributed by atoms with E-state index < -0.39 is 21.2 Å². The summed E-state index contributed by atoms with van der Waals surface area (Å²) >= 11 is 0. The Morgan fingerprint density at radius 3 is 2.33 bits per heavy atom. The van der Waals surface area contributed by atoms with Gasteiger partial charge in [0.25, 0.3) is 5.69 Å². The van der Waals surface area contributed by atoms with E-state index in [1.165, 1.54) is 0 Å². The standard InChI is InChI=1S/C20H19N5O5/c1-2-3-10-21-17-12-18(20(26)15-7-5-4-6-14(15)17)23-22-16-9-8-13(24(27)28)11-19(16)25(29)30/h4-9,11-12,21,26H,2-3,10H2,1H3. The first kappa shape index (κ1) is 20.6. The molecule has 0 aliphatic carbocycles. The number of anilines is 1. The Kier molecular flexibility index (Phi) is 6.16. The van der Waals surface area contributed by atoms with Gasteiger partial charge in [0.1, 0.15) is 5.69 Å². The molecule has 0 aliphatic rings. The van der Waals surface area contributed by atoms with Crippen molar-refractivity contribution >= 4 is 39.2 Å². The van der Waals surface area contributed by atoms with Crippen molar-refractivity contribution < 1.29 is 15.0 Å². The summed E-state index contributed by atoms with van der Waals surface area (Å²) in [5, 5.41) is 45.3.